The number of ether oxygens (including phenoxy) is 3. The molecule has 1 fully saturated rings. The summed E-state index contributed by atoms with van der Waals surface area (Å²) >= 11 is 0. The molecule has 2 N–H and O–H groups in total. The van der Waals surface area contributed by atoms with Gasteiger partial charge in [0.05, 0.1) is 23.7 Å². The van der Waals surface area contributed by atoms with E-state index < -0.39 is 0 Å². The fraction of sp³-hybridized carbons (Fsp3) is 0.348. The van der Waals surface area contributed by atoms with Crippen molar-refractivity contribution < 1.29 is 29.0 Å². The van der Waals surface area contributed by atoms with Gasteiger partial charge in [0.1, 0.15) is 12.3 Å². The summed E-state index contributed by atoms with van der Waals surface area (Å²) in [5, 5.41) is 10.5. The van der Waals surface area contributed by atoms with Crippen LogP contribution in [0.3, 0.4) is 0 Å². The maximum Gasteiger partial charge on any atom is 0.231 e. The number of Topliss-reactive ketones (excluding diaryl/α,β-unsaturated/α-hetero) is 1. The number of carbonyl (C=O) groups excluding carboxylic acids is 1. The fourth-order valence-corrected chi connectivity index (χ4v) is 4.36. The van der Waals surface area contributed by atoms with Gasteiger partial charge in [-0.05, 0) is 62.1 Å². The van der Waals surface area contributed by atoms with Crippen molar-refractivity contribution in [1.82, 2.24) is 0 Å². The minimum absolute atomic E-state index is 0.166. The average Bonchev–Trinajstić information content (AvgIpc) is 3.30. The molecule has 3 heterocycles. The first-order chi connectivity index (χ1) is 14.1. The molecule has 6 heteroatoms. The summed E-state index contributed by atoms with van der Waals surface area (Å²) in [6, 6.07) is 9.28. The highest BCUT2D eigenvalue weighted by Gasteiger charge is 2.34. The van der Waals surface area contributed by atoms with Crippen molar-refractivity contribution in [3.8, 4) is 23.0 Å². The summed E-state index contributed by atoms with van der Waals surface area (Å²) in [6.07, 6.45) is 5.33. The quantitative estimate of drug-likeness (QED) is 0.784. The van der Waals surface area contributed by atoms with E-state index in [-0.39, 0.29) is 24.1 Å². The SMILES string of the molecule is C[C@@H]1CCCC[NH+]1Cc1c(O)ccc2c1OC(=Cc1ccc3c(c1)OCO3)C2=O. The predicted octanol–water partition coefficient (Wildman–Crippen LogP) is 2.69. The Balaban J connectivity index is 1.45. The van der Waals surface area contributed by atoms with Gasteiger partial charge in [0.15, 0.2) is 23.0 Å². The van der Waals surface area contributed by atoms with Crippen molar-refractivity contribution in [2.24, 2.45) is 0 Å². The average molecular weight is 394 g/mol. The second-order valence-corrected chi connectivity index (χ2v) is 7.97. The molecule has 150 valence electrons. The van der Waals surface area contributed by atoms with Crippen molar-refractivity contribution in [3.63, 3.8) is 0 Å². The monoisotopic (exact) mass is 394 g/mol. The molecule has 3 aliphatic rings. The minimum Gasteiger partial charge on any atom is -0.507 e. The smallest absolute Gasteiger partial charge is 0.231 e. The van der Waals surface area contributed by atoms with Crippen LogP contribution in [0.25, 0.3) is 6.08 Å². The van der Waals surface area contributed by atoms with E-state index in [2.05, 4.69) is 6.92 Å². The third-order valence-electron chi connectivity index (χ3n) is 6.10. The molecule has 5 rings (SSSR count). The molecule has 0 saturated carbocycles. The van der Waals surface area contributed by atoms with Gasteiger partial charge in [-0.2, -0.15) is 0 Å². The molecule has 1 saturated heterocycles. The molecule has 3 aliphatic heterocycles. The number of rotatable bonds is 3. The minimum atomic E-state index is -0.166. The maximum atomic E-state index is 12.9. The van der Waals surface area contributed by atoms with E-state index in [1.807, 2.05) is 18.2 Å². The number of benzene rings is 2. The van der Waals surface area contributed by atoms with Crippen LogP contribution in [0.2, 0.25) is 0 Å². The van der Waals surface area contributed by atoms with Crippen LogP contribution in [0.1, 0.15) is 47.7 Å². The molecule has 0 spiro atoms. The molecule has 0 amide bonds. The van der Waals surface area contributed by atoms with E-state index >= 15 is 0 Å². The number of nitrogens with one attached hydrogen (secondary N) is 1. The van der Waals surface area contributed by atoms with E-state index in [1.54, 1.807) is 18.2 Å². The summed E-state index contributed by atoms with van der Waals surface area (Å²) in [5.74, 6) is 2.12. The Bertz CT molecular complexity index is 1010. The zero-order valence-electron chi connectivity index (χ0n) is 16.4. The van der Waals surface area contributed by atoms with Gasteiger partial charge < -0.3 is 24.2 Å². The summed E-state index contributed by atoms with van der Waals surface area (Å²) in [5.41, 5.74) is 2.02. The normalized spacial score (nSPS) is 23.9. The number of phenols is 1. The summed E-state index contributed by atoms with van der Waals surface area (Å²) in [6.45, 7) is 4.17. The van der Waals surface area contributed by atoms with Gasteiger partial charge in [0.25, 0.3) is 0 Å². The second kappa shape index (κ2) is 7.12. The number of ketones is 1. The van der Waals surface area contributed by atoms with Gasteiger partial charge >= 0.3 is 0 Å². The number of hydrogen-bond acceptors (Lipinski definition) is 5. The number of hydrogen-bond donors (Lipinski definition) is 2. The highest BCUT2D eigenvalue weighted by Crippen LogP contribution is 2.40. The molecule has 0 aliphatic carbocycles. The highest BCUT2D eigenvalue weighted by molar-refractivity contribution is 6.15. The van der Waals surface area contributed by atoms with Gasteiger partial charge in [-0.3, -0.25) is 4.79 Å². The Labute approximate surface area is 169 Å². The van der Waals surface area contributed by atoms with Gasteiger partial charge in [0.2, 0.25) is 12.6 Å². The lowest BCUT2D eigenvalue weighted by atomic mass is 10.0. The Morgan fingerprint density at radius 3 is 2.90 bits per heavy atom. The van der Waals surface area contributed by atoms with Crippen LogP contribution in [0.15, 0.2) is 36.1 Å². The Hall–Kier alpha value is -2.99. The highest BCUT2D eigenvalue weighted by atomic mass is 16.7. The summed E-state index contributed by atoms with van der Waals surface area (Å²) in [7, 11) is 0. The number of carbonyl (C=O) groups is 1. The lowest BCUT2D eigenvalue weighted by molar-refractivity contribution is -0.941. The summed E-state index contributed by atoms with van der Waals surface area (Å²) in [4.78, 5) is 14.3. The van der Waals surface area contributed by atoms with E-state index in [9.17, 15) is 9.90 Å². The molecule has 1 unspecified atom stereocenters. The number of likely N-dealkylation sites (tertiary alicyclic amines) is 1. The number of fused-ring (bicyclic) bond motifs is 2. The zero-order valence-corrected chi connectivity index (χ0v) is 16.4. The molecule has 2 atom stereocenters. The van der Waals surface area contributed by atoms with Gasteiger partial charge in [-0.25, -0.2) is 0 Å². The number of aromatic hydroxyl groups is 1. The van der Waals surface area contributed by atoms with E-state index in [0.717, 1.165) is 12.1 Å². The lowest BCUT2D eigenvalue weighted by Crippen LogP contribution is -3.14. The molecule has 0 aromatic heterocycles. The van der Waals surface area contributed by atoms with Crippen LogP contribution in [0, 0.1) is 0 Å². The fourth-order valence-electron chi connectivity index (χ4n) is 4.36. The Morgan fingerprint density at radius 1 is 1.17 bits per heavy atom. The molecular formula is C23H24NO5+. The first-order valence-corrected chi connectivity index (χ1v) is 10.1. The second-order valence-electron chi connectivity index (χ2n) is 7.97. The van der Waals surface area contributed by atoms with Gasteiger partial charge in [0, 0.05) is 0 Å². The zero-order chi connectivity index (χ0) is 20.0. The van der Waals surface area contributed by atoms with Crippen molar-refractivity contribution in [2.45, 2.75) is 38.8 Å². The predicted molar refractivity (Wildman–Crippen MR) is 106 cm³/mol. The van der Waals surface area contributed by atoms with Gasteiger partial charge in [-0.1, -0.05) is 6.07 Å². The van der Waals surface area contributed by atoms with E-state index in [1.165, 1.54) is 24.2 Å². The molecule has 2 aromatic carbocycles. The molecule has 29 heavy (non-hydrogen) atoms. The van der Waals surface area contributed by atoms with Crippen molar-refractivity contribution in [2.75, 3.05) is 13.3 Å². The van der Waals surface area contributed by atoms with Crippen molar-refractivity contribution in [3.05, 3.63) is 52.8 Å². The summed E-state index contributed by atoms with van der Waals surface area (Å²) < 4.78 is 16.7. The van der Waals surface area contributed by atoms with E-state index in [4.69, 9.17) is 14.2 Å². The van der Waals surface area contributed by atoms with Crippen LogP contribution in [0.4, 0.5) is 0 Å². The van der Waals surface area contributed by atoms with Crippen LogP contribution in [-0.2, 0) is 6.54 Å². The molecule has 0 radical (unpaired) electrons. The number of allylic oxidation sites excluding steroid dienone is 1. The topological polar surface area (TPSA) is 69.4 Å². The molecule has 0 bridgehead atoms. The Kier molecular flexibility index (Phi) is 4.43. The van der Waals surface area contributed by atoms with Crippen LogP contribution in [-0.4, -0.2) is 30.3 Å². The largest absolute Gasteiger partial charge is 0.507 e. The maximum absolute atomic E-state index is 12.9. The first-order valence-electron chi connectivity index (χ1n) is 10.1. The standard InChI is InChI=1S/C23H23NO5/c1-14-4-2-3-9-24(14)12-17-18(25)7-6-16-22(26)21(29-23(16)17)11-15-5-8-19-20(10-15)28-13-27-19/h5-8,10-11,14,25H,2-4,9,12-13H2,1H3/p+1/t14-/m1/s1. The van der Waals surface area contributed by atoms with Crippen LogP contribution >= 0.6 is 0 Å². The number of piperidine rings is 1. The first kappa shape index (κ1) is 18.1. The van der Waals surface area contributed by atoms with Crippen molar-refractivity contribution in [1.29, 1.82) is 0 Å². The third-order valence-corrected chi connectivity index (χ3v) is 6.10. The molecular weight excluding hydrogens is 370 g/mol. The molecule has 6 nitrogen and oxygen atoms in total. The third kappa shape index (κ3) is 3.23. The molecule has 2 aromatic rings. The van der Waals surface area contributed by atoms with Gasteiger partial charge in [-0.15, -0.1) is 0 Å². The van der Waals surface area contributed by atoms with Crippen molar-refractivity contribution >= 4 is 11.9 Å². The lowest BCUT2D eigenvalue weighted by Gasteiger charge is -2.30. The van der Waals surface area contributed by atoms with E-state index in [0.29, 0.717) is 41.0 Å². The number of phenolic OH excluding ortho intramolecular Hbond substituents is 1. The number of quaternary nitrogens is 1. The Morgan fingerprint density at radius 2 is 2.03 bits per heavy atom. The van der Waals surface area contributed by atoms with Crippen LogP contribution in [0.5, 0.6) is 23.0 Å². The van der Waals surface area contributed by atoms with Crippen LogP contribution < -0.4 is 19.1 Å².